The van der Waals surface area contributed by atoms with Gasteiger partial charge in [-0.1, -0.05) is 11.3 Å². The Kier molecular flexibility index (Phi) is 3.69. The maximum Gasteiger partial charge on any atom is 0.123 e. The van der Waals surface area contributed by atoms with Crippen LogP contribution in [0.25, 0.3) is 0 Å². The molecule has 1 heterocycles. The van der Waals surface area contributed by atoms with Crippen LogP contribution in [0.1, 0.15) is 22.9 Å². The SMILES string of the molecule is Cc1ccc(F)cc1C(Cc1cn(C)nn1)NN. The molecule has 96 valence electrons. The second-order valence-electron chi connectivity index (χ2n) is 4.31. The van der Waals surface area contributed by atoms with E-state index in [1.807, 2.05) is 13.1 Å². The predicted molar refractivity (Wildman–Crippen MR) is 65.9 cm³/mol. The number of aryl methyl sites for hydroxylation is 2. The van der Waals surface area contributed by atoms with E-state index in [4.69, 9.17) is 5.84 Å². The summed E-state index contributed by atoms with van der Waals surface area (Å²) in [5.74, 6) is 5.28. The van der Waals surface area contributed by atoms with Gasteiger partial charge in [-0.25, -0.2) is 4.39 Å². The fourth-order valence-corrected chi connectivity index (χ4v) is 1.94. The molecule has 0 radical (unpaired) electrons. The van der Waals surface area contributed by atoms with Gasteiger partial charge in [0.05, 0.1) is 11.7 Å². The van der Waals surface area contributed by atoms with Gasteiger partial charge in [0, 0.05) is 19.7 Å². The summed E-state index contributed by atoms with van der Waals surface area (Å²) in [7, 11) is 1.80. The van der Waals surface area contributed by atoms with Crippen LogP contribution in [-0.2, 0) is 13.5 Å². The van der Waals surface area contributed by atoms with E-state index in [0.717, 1.165) is 16.8 Å². The molecule has 0 bridgehead atoms. The maximum absolute atomic E-state index is 13.3. The van der Waals surface area contributed by atoms with Crippen LogP contribution in [0, 0.1) is 12.7 Å². The molecule has 1 atom stereocenters. The summed E-state index contributed by atoms with van der Waals surface area (Å²) >= 11 is 0. The lowest BCUT2D eigenvalue weighted by Gasteiger charge is -2.17. The third kappa shape index (κ3) is 2.72. The molecule has 1 unspecified atom stereocenters. The molecule has 1 aromatic heterocycles. The summed E-state index contributed by atoms with van der Waals surface area (Å²) in [6.07, 6.45) is 2.38. The molecule has 0 spiro atoms. The Balaban J connectivity index is 2.25. The lowest BCUT2D eigenvalue weighted by molar-refractivity contribution is 0.536. The Morgan fingerprint density at radius 1 is 1.50 bits per heavy atom. The molecule has 2 rings (SSSR count). The van der Waals surface area contributed by atoms with Crippen molar-refractivity contribution in [1.29, 1.82) is 0 Å². The van der Waals surface area contributed by atoms with Crippen molar-refractivity contribution in [2.24, 2.45) is 12.9 Å². The number of hydrogen-bond acceptors (Lipinski definition) is 4. The van der Waals surface area contributed by atoms with Crippen LogP contribution in [0.5, 0.6) is 0 Å². The Hall–Kier alpha value is -1.79. The normalized spacial score (nSPS) is 12.7. The highest BCUT2D eigenvalue weighted by molar-refractivity contribution is 5.30. The topological polar surface area (TPSA) is 68.8 Å². The van der Waals surface area contributed by atoms with Crippen LogP contribution in [0.4, 0.5) is 4.39 Å². The standard InChI is InChI=1S/C12H16FN5/c1-8-3-4-9(13)5-11(8)12(15-14)6-10-7-18(2)17-16-10/h3-5,7,12,15H,6,14H2,1-2H3. The first-order valence-electron chi connectivity index (χ1n) is 5.67. The molecule has 0 fully saturated rings. The molecule has 0 saturated carbocycles. The number of nitrogens with two attached hydrogens (primary N) is 1. The zero-order chi connectivity index (χ0) is 13.1. The second kappa shape index (κ2) is 5.24. The highest BCUT2D eigenvalue weighted by Gasteiger charge is 2.15. The van der Waals surface area contributed by atoms with E-state index >= 15 is 0 Å². The Morgan fingerprint density at radius 2 is 2.28 bits per heavy atom. The summed E-state index contributed by atoms with van der Waals surface area (Å²) in [6, 6.07) is 4.49. The molecule has 0 aliphatic heterocycles. The largest absolute Gasteiger partial charge is 0.271 e. The molecule has 0 amide bonds. The number of halogens is 1. The van der Waals surface area contributed by atoms with Crippen LogP contribution in [0.3, 0.4) is 0 Å². The van der Waals surface area contributed by atoms with Gasteiger partial charge in [0.2, 0.25) is 0 Å². The molecule has 5 nitrogen and oxygen atoms in total. The van der Waals surface area contributed by atoms with Gasteiger partial charge in [-0.15, -0.1) is 5.10 Å². The van der Waals surface area contributed by atoms with Gasteiger partial charge in [-0.3, -0.25) is 16.0 Å². The molecule has 6 heteroatoms. The quantitative estimate of drug-likeness (QED) is 0.627. The molecule has 0 aliphatic carbocycles. The molecule has 1 aromatic carbocycles. The number of benzene rings is 1. The van der Waals surface area contributed by atoms with E-state index in [2.05, 4.69) is 15.7 Å². The summed E-state index contributed by atoms with van der Waals surface area (Å²) in [5.41, 5.74) is 5.34. The van der Waals surface area contributed by atoms with Gasteiger partial charge >= 0.3 is 0 Å². The van der Waals surface area contributed by atoms with Crippen LogP contribution in [0.15, 0.2) is 24.4 Å². The summed E-state index contributed by atoms with van der Waals surface area (Å²) < 4.78 is 14.9. The average molecular weight is 249 g/mol. The summed E-state index contributed by atoms with van der Waals surface area (Å²) in [5, 5.41) is 7.87. The van der Waals surface area contributed by atoms with Gasteiger partial charge in [0.15, 0.2) is 0 Å². The first-order chi connectivity index (χ1) is 8.60. The van der Waals surface area contributed by atoms with Gasteiger partial charge in [-0.05, 0) is 30.2 Å². The third-order valence-corrected chi connectivity index (χ3v) is 2.88. The van der Waals surface area contributed by atoms with Gasteiger partial charge in [0.1, 0.15) is 5.82 Å². The number of hydrazine groups is 1. The van der Waals surface area contributed by atoms with E-state index in [1.165, 1.54) is 12.1 Å². The smallest absolute Gasteiger partial charge is 0.123 e. The van der Waals surface area contributed by atoms with Crippen LogP contribution in [0.2, 0.25) is 0 Å². The zero-order valence-corrected chi connectivity index (χ0v) is 10.4. The third-order valence-electron chi connectivity index (χ3n) is 2.88. The number of nitrogens with one attached hydrogen (secondary N) is 1. The van der Waals surface area contributed by atoms with Crippen molar-refractivity contribution in [1.82, 2.24) is 20.4 Å². The van der Waals surface area contributed by atoms with Crippen LogP contribution in [-0.4, -0.2) is 15.0 Å². The average Bonchev–Trinajstić information content (AvgIpc) is 2.75. The van der Waals surface area contributed by atoms with E-state index < -0.39 is 0 Å². The Labute approximate surface area is 105 Å². The monoisotopic (exact) mass is 249 g/mol. The van der Waals surface area contributed by atoms with E-state index in [-0.39, 0.29) is 11.9 Å². The van der Waals surface area contributed by atoms with E-state index in [9.17, 15) is 4.39 Å². The minimum Gasteiger partial charge on any atom is -0.271 e. The molecule has 2 aromatic rings. The minimum atomic E-state index is -0.269. The van der Waals surface area contributed by atoms with Gasteiger partial charge < -0.3 is 0 Å². The van der Waals surface area contributed by atoms with Gasteiger partial charge in [0.25, 0.3) is 0 Å². The number of nitrogens with zero attached hydrogens (tertiary/aromatic N) is 3. The highest BCUT2D eigenvalue weighted by atomic mass is 19.1. The first-order valence-corrected chi connectivity index (χ1v) is 5.67. The minimum absolute atomic E-state index is 0.183. The number of hydrogen-bond donors (Lipinski definition) is 2. The van der Waals surface area contributed by atoms with Crippen LogP contribution < -0.4 is 11.3 Å². The second-order valence-corrected chi connectivity index (χ2v) is 4.31. The summed E-state index contributed by atoms with van der Waals surface area (Å²) in [4.78, 5) is 0. The molecule has 0 saturated heterocycles. The fourth-order valence-electron chi connectivity index (χ4n) is 1.94. The van der Waals surface area contributed by atoms with Crippen molar-refractivity contribution in [3.05, 3.63) is 47.0 Å². The Bertz CT molecular complexity index is 537. The maximum atomic E-state index is 13.3. The first kappa shape index (κ1) is 12.7. The highest BCUT2D eigenvalue weighted by Crippen LogP contribution is 2.21. The zero-order valence-electron chi connectivity index (χ0n) is 10.4. The van der Waals surface area contributed by atoms with Gasteiger partial charge in [-0.2, -0.15) is 0 Å². The van der Waals surface area contributed by atoms with Crippen molar-refractivity contribution in [3.63, 3.8) is 0 Å². The number of rotatable bonds is 4. The Morgan fingerprint density at radius 3 is 2.89 bits per heavy atom. The lowest BCUT2D eigenvalue weighted by atomic mass is 9.98. The van der Waals surface area contributed by atoms with Crippen molar-refractivity contribution in [2.75, 3.05) is 0 Å². The van der Waals surface area contributed by atoms with Crippen molar-refractivity contribution in [3.8, 4) is 0 Å². The summed E-state index contributed by atoms with van der Waals surface area (Å²) in [6.45, 7) is 1.93. The van der Waals surface area contributed by atoms with Crippen LogP contribution >= 0.6 is 0 Å². The molecule has 3 N–H and O–H groups in total. The lowest BCUT2D eigenvalue weighted by Crippen LogP contribution is -2.30. The van der Waals surface area contributed by atoms with Crippen molar-refractivity contribution < 1.29 is 4.39 Å². The molecule has 0 aliphatic rings. The van der Waals surface area contributed by atoms with Crippen molar-refractivity contribution >= 4 is 0 Å². The van der Waals surface area contributed by atoms with Crippen molar-refractivity contribution in [2.45, 2.75) is 19.4 Å². The van der Waals surface area contributed by atoms with E-state index in [0.29, 0.717) is 6.42 Å². The van der Waals surface area contributed by atoms with E-state index in [1.54, 1.807) is 17.8 Å². The number of aromatic nitrogens is 3. The predicted octanol–water partition coefficient (Wildman–Crippen LogP) is 1.01. The molecular formula is C12H16FN5. The molecular weight excluding hydrogens is 233 g/mol. The molecule has 18 heavy (non-hydrogen) atoms. The fraction of sp³-hybridized carbons (Fsp3) is 0.333.